The lowest BCUT2D eigenvalue weighted by Gasteiger charge is -2.37. The van der Waals surface area contributed by atoms with E-state index in [4.69, 9.17) is 16.3 Å². The Hall–Kier alpha value is -2.35. The van der Waals surface area contributed by atoms with E-state index < -0.39 is 17.5 Å². The van der Waals surface area contributed by atoms with Crippen molar-refractivity contribution in [2.75, 3.05) is 6.61 Å². The number of hydrogen-bond acceptors (Lipinski definition) is 3. The van der Waals surface area contributed by atoms with Crippen molar-refractivity contribution in [2.45, 2.75) is 25.4 Å². The first-order valence-corrected chi connectivity index (χ1v) is 10.1. The second-order valence-corrected chi connectivity index (χ2v) is 8.30. The largest absolute Gasteiger partial charge is 0.481 e. The average Bonchev–Trinajstić information content (AvgIpc) is 3.07. The molecule has 0 spiro atoms. The van der Waals surface area contributed by atoms with Gasteiger partial charge in [0.05, 0.1) is 34.8 Å². The molecule has 3 aromatic rings. The molecule has 29 heavy (non-hydrogen) atoms. The molecule has 4 rings (SSSR count). The van der Waals surface area contributed by atoms with Crippen molar-refractivity contribution in [3.8, 4) is 0 Å². The lowest BCUT2D eigenvalue weighted by atomic mass is 9.82. The van der Waals surface area contributed by atoms with E-state index in [0.717, 1.165) is 26.5 Å². The number of halogens is 2. The highest BCUT2D eigenvalue weighted by Gasteiger charge is 2.44. The zero-order valence-electron chi connectivity index (χ0n) is 15.4. The lowest BCUT2D eigenvalue weighted by molar-refractivity contribution is -0.144. The maximum Gasteiger partial charge on any atom is 0.335 e. The number of hydrogen-bond donors (Lipinski definition) is 3. The number of aromatic amines is 1. The molecule has 1 aromatic heterocycles. The van der Waals surface area contributed by atoms with E-state index in [0.29, 0.717) is 29.3 Å². The molecule has 0 saturated carbocycles. The lowest BCUT2D eigenvalue weighted by Crippen LogP contribution is -2.39. The highest BCUT2D eigenvalue weighted by atomic mass is 79.9. The summed E-state index contributed by atoms with van der Waals surface area (Å²) >= 11 is 10.1. The van der Waals surface area contributed by atoms with Crippen molar-refractivity contribution in [3.63, 3.8) is 0 Å². The van der Waals surface area contributed by atoms with Gasteiger partial charge in [0.25, 0.3) is 0 Å². The van der Waals surface area contributed by atoms with E-state index in [9.17, 15) is 19.8 Å². The number of aromatic carboxylic acids is 1. The molecule has 3 N–H and O–H groups in total. The number of rotatable bonds is 4. The number of aryl methyl sites for hydroxylation is 1. The van der Waals surface area contributed by atoms with Crippen LogP contribution >= 0.6 is 27.5 Å². The van der Waals surface area contributed by atoms with Crippen LogP contribution in [0.1, 0.15) is 39.2 Å². The Kier molecular flexibility index (Phi) is 4.93. The minimum Gasteiger partial charge on any atom is -0.481 e. The summed E-state index contributed by atoms with van der Waals surface area (Å²) in [5.74, 6) is -2.08. The van der Waals surface area contributed by atoms with E-state index in [1.807, 2.05) is 13.0 Å². The Balaban J connectivity index is 2.01. The van der Waals surface area contributed by atoms with E-state index >= 15 is 0 Å². The summed E-state index contributed by atoms with van der Waals surface area (Å²) in [6.07, 6.45) is 0.287. The maximum atomic E-state index is 11.8. The van der Waals surface area contributed by atoms with Crippen LogP contribution in [-0.2, 0) is 21.6 Å². The van der Waals surface area contributed by atoms with Gasteiger partial charge in [0.2, 0.25) is 0 Å². The quantitative estimate of drug-likeness (QED) is 0.496. The van der Waals surface area contributed by atoms with Crippen molar-refractivity contribution >= 4 is 50.4 Å². The van der Waals surface area contributed by atoms with Crippen molar-refractivity contribution in [1.29, 1.82) is 0 Å². The van der Waals surface area contributed by atoms with Crippen LogP contribution in [0.2, 0.25) is 5.02 Å². The summed E-state index contributed by atoms with van der Waals surface area (Å²) in [7, 11) is 0. The second-order valence-electron chi connectivity index (χ2n) is 7.10. The number of nitrogens with one attached hydrogen (secondary N) is 1. The molecule has 8 heteroatoms. The standard InChI is InChI=1S/C21H17BrClNO5/c1-10-8-14(23)18-16(17(10)22)13-6-7-29-21(9-15(25)26,19(13)24-18)12-4-2-11(3-5-12)20(27)28/h2-5,8,24H,6-7,9H2,1H3,(H,25,26)(H,27,28). The molecule has 2 aromatic carbocycles. The Morgan fingerprint density at radius 2 is 1.97 bits per heavy atom. The smallest absolute Gasteiger partial charge is 0.335 e. The average molecular weight is 479 g/mol. The molecule has 0 fully saturated rings. The summed E-state index contributed by atoms with van der Waals surface area (Å²) in [6.45, 7) is 2.27. The number of benzene rings is 2. The summed E-state index contributed by atoms with van der Waals surface area (Å²) < 4.78 is 7.02. The normalized spacial score (nSPS) is 18.6. The van der Waals surface area contributed by atoms with Crippen LogP contribution in [0.15, 0.2) is 34.8 Å². The fourth-order valence-electron chi connectivity index (χ4n) is 4.04. The molecule has 2 heterocycles. The molecule has 0 bridgehead atoms. The van der Waals surface area contributed by atoms with Crippen molar-refractivity contribution in [3.05, 3.63) is 67.8 Å². The van der Waals surface area contributed by atoms with Crippen LogP contribution in [0.4, 0.5) is 0 Å². The predicted octanol–water partition coefficient (Wildman–Crippen LogP) is 4.88. The topological polar surface area (TPSA) is 99.6 Å². The highest BCUT2D eigenvalue weighted by molar-refractivity contribution is 9.10. The Morgan fingerprint density at radius 1 is 1.28 bits per heavy atom. The fourth-order valence-corrected chi connectivity index (χ4v) is 4.90. The van der Waals surface area contributed by atoms with E-state index in [2.05, 4.69) is 20.9 Å². The number of aliphatic carboxylic acids is 1. The molecule has 1 aliphatic rings. The minimum absolute atomic E-state index is 0.119. The van der Waals surface area contributed by atoms with Crippen LogP contribution in [0.3, 0.4) is 0 Å². The molecule has 1 atom stereocenters. The number of carboxylic acids is 2. The second kappa shape index (κ2) is 7.16. The molecule has 0 saturated heterocycles. The first kappa shape index (κ1) is 19.9. The Labute approximate surface area is 179 Å². The van der Waals surface area contributed by atoms with Crippen LogP contribution in [0.25, 0.3) is 10.9 Å². The van der Waals surface area contributed by atoms with Gasteiger partial charge >= 0.3 is 11.9 Å². The minimum atomic E-state index is -1.27. The van der Waals surface area contributed by atoms with Gasteiger partial charge in [-0.1, -0.05) is 23.7 Å². The van der Waals surface area contributed by atoms with E-state index in [-0.39, 0.29) is 12.0 Å². The molecule has 150 valence electrons. The molecular formula is C21H17BrClNO5. The van der Waals surface area contributed by atoms with Gasteiger partial charge in [0, 0.05) is 9.86 Å². The highest BCUT2D eigenvalue weighted by Crippen LogP contribution is 2.47. The van der Waals surface area contributed by atoms with Gasteiger partial charge in [-0.2, -0.15) is 0 Å². The van der Waals surface area contributed by atoms with Crippen molar-refractivity contribution in [2.24, 2.45) is 0 Å². The van der Waals surface area contributed by atoms with Gasteiger partial charge in [-0.25, -0.2) is 4.79 Å². The van der Waals surface area contributed by atoms with Crippen molar-refractivity contribution in [1.82, 2.24) is 4.98 Å². The van der Waals surface area contributed by atoms with E-state index in [1.165, 1.54) is 12.1 Å². The third kappa shape index (κ3) is 3.13. The summed E-state index contributed by atoms with van der Waals surface area (Å²) in [5, 5.41) is 20.3. The molecule has 6 nitrogen and oxygen atoms in total. The van der Waals surface area contributed by atoms with Crippen LogP contribution in [0.5, 0.6) is 0 Å². The predicted molar refractivity (Wildman–Crippen MR) is 112 cm³/mol. The van der Waals surface area contributed by atoms with Gasteiger partial charge in [0.1, 0.15) is 5.60 Å². The first-order chi connectivity index (χ1) is 13.7. The fraction of sp³-hybridized carbons (Fsp3) is 0.238. The van der Waals surface area contributed by atoms with Gasteiger partial charge in [0.15, 0.2) is 0 Å². The number of ether oxygens (including phenoxy) is 1. The molecular weight excluding hydrogens is 462 g/mol. The van der Waals surface area contributed by atoms with Gasteiger partial charge in [-0.15, -0.1) is 0 Å². The molecule has 0 aliphatic carbocycles. The summed E-state index contributed by atoms with van der Waals surface area (Å²) in [4.78, 5) is 26.3. The summed E-state index contributed by atoms with van der Waals surface area (Å²) in [6, 6.07) is 7.96. The zero-order chi connectivity index (χ0) is 20.9. The first-order valence-electron chi connectivity index (χ1n) is 8.94. The van der Waals surface area contributed by atoms with Crippen molar-refractivity contribution < 1.29 is 24.5 Å². The number of carbonyl (C=O) groups is 2. The van der Waals surface area contributed by atoms with Crippen LogP contribution in [0, 0.1) is 6.92 Å². The van der Waals surface area contributed by atoms with E-state index in [1.54, 1.807) is 12.1 Å². The van der Waals surface area contributed by atoms with Gasteiger partial charge < -0.3 is 19.9 Å². The Morgan fingerprint density at radius 3 is 2.59 bits per heavy atom. The third-order valence-electron chi connectivity index (χ3n) is 5.35. The molecule has 0 radical (unpaired) electrons. The molecule has 0 amide bonds. The SMILES string of the molecule is Cc1cc(Cl)c2[nH]c3c(c2c1Br)CCOC3(CC(=O)O)c1ccc(C(=O)O)cc1. The number of H-pyrrole nitrogens is 1. The third-order valence-corrected chi connectivity index (χ3v) is 6.67. The number of aromatic nitrogens is 1. The summed E-state index contributed by atoms with van der Waals surface area (Å²) in [5.41, 5.74) is 2.70. The molecule has 1 unspecified atom stereocenters. The number of fused-ring (bicyclic) bond motifs is 3. The van der Waals surface area contributed by atoms with Gasteiger partial charge in [-0.3, -0.25) is 4.79 Å². The van der Waals surface area contributed by atoms with Crippen LogP contribution in [-0.4, -0.2) is 33.7 Å². The monoisotopic (exact) mass is 477 g/mol. The maximum absolute atomic E-state index is 11.8. The number of carboxylic acid groups (broad SMARTS) is 2. The van der Waals surface area contributed by atoms with Gasteiger partial charge in [-0.05, 0) is 64.2 Å². The Bertz CT molecular complexity index is 1150. The molecule has 1 aliphatic heterocycles. The van der Waals surface area contributed by atoms with Crippen LogP contribution < -0.4 is 0 Å². The zero-order valence-corrected chi connectivity index (χ0v) is 17.7.